The molecule has 4 aliphatic rings. The molecule has 8 atom stereocenters. The maximum Gasteiger partial charge on any atom is 0.108 e. The van der Waals surface area contributed by atoms with Crippen molar-refractivity contribution in [1.29, 1.82) is 0 Å². The molecule has 45 heavy (non-hydrogen) atoms. The van der Waals surface area contributed by atoms with Gasteiger partial charge >= 0.3 is 0 Å². The topological polar surface area (TPSA) is 44.9 Å². The molecule has 5 heteroatoms. The second kappa shape index (κ2) is 14.5. The third-order valence-corrected chi connectivity index (χ3v) is 13.5. The summed E-state index contributed by atoms with van der Waals surface area (Å²) in [5.74, 6) is 5.38. The molecule has 2 aromatic rings. The van der Waals surface area contributed by atoms with E-state index in [0.29, 0.717) is 23.5 Å². The van der Waals surface area contributed by atoms with Gasteiger partial charge in [-0.2, -0.15) is 0 Å². The number of unbranched alkanes of at least 4 members (excludes halogenated alkanes) is 3. The minimum Gasteiger partial charge on any atom is -0.371 e. The first-order valence-electron chi connectivity index (χ1n) is 19.1. The average molecular weight is 617 g/mol. The van der Waals surface area contributed by atoms with Crippen LogP contribution in [-0.2, 0) is 24.4 Å². The first-order valence-corrected chi connectivity index (χ1v) is 19.1. The lowest BCUT2D eigenvalue weighted by atomic mass is 9.47. The van der Waals surface area contributed by atoms with Crippen molar-refractivity contribution >= 4 is 0 Å². The van der Waals surface area contributed by atoms with Crippen LogP contribution >= 0.6 is 0 Å². The average Bonchev–Trinajstić information content (AvgIpc) is 3.78. The number of nitrogens with zero attached hydrogens (tertiary/aromatic N) is 4. The van der Waals surface area contributed by atoms with Gasteiger partial charge in [-0.15, -0.1) is 5.10 Å². The van der Waals surface area contributed by atoms with Gasteiger partial charge in [0.1, 0.15) is 5.69 Å². The minimum atomic E-state index is 0.322. The third kappa shape index (κ3) is 7.34. The molecule has 0 radical (unpaired) electrons. The Kier molecular flexibility index (Phi) is 10.6. The Hall–Kier alpha value is -1.88. The molecule has 5 nitrogen and oxygen atoms in total. The van der Waals surface area contributed by atoms with Crippen molar-refractivity contribution in [1.82, 2.24) is 19.6 Å². The van der Waals surface area contributed by atoms with E-state index in [4.69, 9.17) is 4.74 Å². The minimum absolute atomic E-state index is 0.322. The predicted octanol–water partition coefficient (Wildman–Crippen LogP) is 10.3. The summed E-state index contributed by atoms with van der Waals surface area (Å²) in [7, 11) is 0. The van der Waals surface area contributed by atoms with Crippen LogP contribution in [0.15, 0.2) is 42.4 Å². The van der Waals surface area contributed by atoms with Gasteiger partial charge in [0.25, 0.3) is 0 Å². The highest BCUT2D eigenvalue weighted by atomic mass is 16.5. The standard InChI is InChI=1S/C40H64N4O/c1-30(2)13-12-14-31(3)36-17-18-37-35-16-15-32-27-34(19-21-39(32,4)38(35)20-22-40(36,37)5)45-29-33-28-44(42-41-33)26-9-7-6-8-23-43-24-10-11-25-43/h10-11,15,24-25,28,30-31,34-38H,6-9,12-14,16-23,26-27,29H2,1-5H3/t31-,34-,35+,36-,37+,38+,39+,40-/m1/s1. The highest BCUT2D eigenvalue weighted by Crippen LogP contribution is 2.67. The van der Waals surface area contributed by atoms with Crippen LogP contribution in [0, 0.1) is 46.3 Å². The van der Waals surface area contributed by atoms with Crippen LogP contribution in [0.2, 0.25) is 0 Å². The smallest absolute Gasteiger partial charge is 0.108 e. The van der Waals surface area contributed by atoms with E-state index in [-0.39, 0.29) is 0 Å². The second-order valence-corrected chi connectivity index (χ2v) is 16.8. The molecule has 4 aliphatic carbocycles. The quantitative estimate of drug-likeness (QED) is 0.148. The van der Waals surface area contributed by atoms with Crippen LogP contribution in [0.25, 0.3) is 0 Å². The molecule has 2 heterocycles. The number of allylic oxidation sites excluding steroid dienone is 1. The lowest BCUT2D eigenvalue weighted by Gasteiger charge is -2.58. The van der Waals surface area contributed by atoms with Crippen molar-refractivity contribution in [2.45, 2.75) is 157 Å². The van der Waals surface area contributed by atoms with E-state index >= 15 is 0 Å². The summed E-state index contributed by atoms with van der Waals surface area (Å²) in [6.45, 7) is 15.4. The van der Waals surface area contributed by atoms with Gasteiger partial charge in [-0.25, -0.2) is 0 Å². The van der Waals surface area contributed by atoms with Crippen molar-refractivity contribution in [2.24, 2.45) is 46.3 Å². The van der Waals surface area contributed by atoms with Gasteiger partial charge in [-0.05, 0) is 123 Å². The van der Waals surface area contributed by atoms with Crippen LogP contribution in [0.4, 0.5) is 0 Å². The molecule has 3 fully saturated rings. The van der Waals surface area contributed by atoms with Crippen molar-refractivity contribution in [3.05, 3.63) is 48.1 Å². The van der Waals surface area contributed by atoms with Crippen LogP contribution in [0.5, 0.6) is 0 Å². The molecule has 0 bridgehead atoms. The number of ether oxygens (including phenoxy) is 1. The van der Waals surface area contributed by atoms with E-state index in [1.807, 2.05) is 4.68 Å². The lowest BCUT2D eigenvalue weighted by molar-refractivity contribution is -0.0658. The summed E-state index contributed by atoms with van der Waals surface area (Å²) < 4.78 is 10.8. The number of aryl methyl sites for hydroxylation is 2. The molecule has 2 aromatic heterocycles. The molecule has 6 rings (SSSR count). The number of fused-ring (bicyclic) bond motifs is 5. The predicted molar refractivity (Wildman–Crippen MR) is 185 cm³/mol. The fourth-order valence-corrected chi connectivity index (χ4v) is 11.0. The first-order chi connectivity index (χ1) is 21.8. The molecular weight excluding hydrogens is 552 g/mol. The summed E-state index contributed by atoms with van der Waals surface area (Å²) in [6.07, 6.45) is 29.4. The Morgan fingerprint density at radius 2 is 1.69 bits per heavy atom. The number of hydrogen-bond donors (Lipinski definition) is 0. The van der Waals surface area contributed by atoms with Gasteiger partial charge in [0.15, 0.2) is 0 Å². The number of rotatable bonds is 15. The highest BCUT2D eigenvalue weighted by molar-refractivity contribution is 5.25. The maximum atomic E-state index is 6.52. The molecule has 250 valence electrons. The Morgan fingerprint density at radius 3 is 2.49 bits per heavy atom. The Bertz CT molecular complexity index is 1230. The number of aromatic nitrogens is 4. The summed E-state index contributed by atoms with van der Waals surface area (Å²) in [4.78, 5) is 0. The summed E-state index contributed by atoms with van der Waals surface area (Å²) in [6, 6.07) is 4.20. The zero-order valence-electron chi connectivity index (χ0n) is 29.4. The van der Waals surface area contributed by atoms with Crippen LogP contribution in [0.1, 0.15) is 137 Å². The number of hydrogen-bond acceptors (Lipinski definition) is 3. The van der Waals surface area contributed by atoms with Crippen molar-refractivity contribution in [3.63, 3.8) is 0 Å². The van der Waals surface area contributed by atoms with E-state index in [1.165, 1.54) is 83.5 Å². The molecule has 0 N–H and O–H groups in total. The molecule has 0 aliphatic heterocycles. The Labute approximate surface area is 275 Å². The normalized spacial score (nSPS) is 33.5. The monoisotopic (exact) mass is 617 g/mol. The Morgan fingerprint density at radius 1 is 0.889 bits per heavy atom. The fourth-order valence-electron chi connectivity index (χ4n) is 11.0. The van der Waals surface area contributed by atoms with E-state index in [0.717, 1.165) is 67.1 Å². The van der Waals surface area contributed by atoms with Crippen LogP contribution < -0.4 is 0 Å². The molecule has 0 amide bonds. The van der Waals surface area contributed by atoms with Crippen LogP contribution in [-0.4, -0.2) is 25.7 Å². The van der Waals surface area contributed by atoms with Gasteiger partial charge in [0.2, 0.25) is 0 Å². The van der Waals surface area contributed by atoms with E-state index in [9.17, 15) is 0 Å². The van der Waals surface area contributed by atoms with Crippen molar-refractivity contribution in [2.75, 3.05) is 0 Å². The fraction of sp³-hybridized carbons (Fsp3) is 0.800. The van der Waals surface area contributed by atoms with Crippen LogP contribution in [0.3, 0.4) is 0 Å². The highest BCUT2D eigenvalue weighted by Gasteiger charge is 2.59. The maximum absolute atomic E-state index is 6.52. The van der Waals surface area contributed by atoms with Crippen molar-refractivity contribution in [3.8, 4) is 0 Å². The van der Waals surface area contributed by atoms with E-state index < -0.39 is 0 Å². The van der Waals surface area contributed by atoms with Gasteiger partial charge in [-0.3, -0.25) is 4.68 Å². The lowest BCUT2D eigenvalue weighted by Crippen LogP contribution is -2.51. The van der Waals surface area contributed by atoms with E-state index in [2.05, 4.69) is 86.3 Å². The van der Waals surface area contributed by atoms with E-state index in [1.54, 1.807) is 5.57 Å². The summed E-state index contributed by atoms with van der Waals surface area (Å²) in [5, 5.41) is 8.85. The molecule has 3 saturated carbocycles. The molecular formula is C40H64N4O. The molecule has 0 saturated heterocycles. The second-order valence-electron chi connectivity index (χ2n) is 16.8. The summed E-state index contributed by atoms with van der Waals surface area (Å²) in [5.41, 5.74) is 3.66. The zero-order valence-corrected chi connectivity index (χ0v) is 29.4. The van der Waals surface area contributed by atoms with Gasteiger partial charge in [-0.1, -0.05) is 83.6 Å². The van der Waals surface area contributed by atoms with Crippen molar-refractivity contribution < 1.29 is 4.74 Å². The summed E-state index contributed by atoms with van der Waals surface area (Å²) >= 11 is 0. The largest absolute Gasteiger partial charge is 0.371 e. The van der Waals surface area contributed by atoms with Gasteiger partial charge in [0, 0.05) is 25.5 Å². The Balaban J connectivity index is 0.960. The zero-order chi connectivity index (χ0) is 31.4. The SMILES string of the molecule is CC(C)CCC[C@@H](C)[C@H]1CC[C@H]2[C@@H]3CC=C4C[C@H](OCc5cn(CCCCCCn6cccc6)nn5)CC[C@]4(C)[C@H]3CC[C@]12C. The molecule has 0 spiro atoms. The first kappa shape index (κ1) is 33.0. The van der Waals surface area contributed by atoms with Gasteiger partial charge < -0.3 is 9.30 Å². The third-order valence-electron chi connectivity index (χ3n) is 13.5. The van der Waals surface area contributed by atoms with Gasteiger partial charge in [0.05, 0.1) is 18.9 Å². The molecule has 0 unspecified atom stereocenters. The molecule has 0 aromatic carbocycles.